The third-order valence-corrected chi connectivity index (χ3v) is 5.14. The fraction of sp³-hybridized carbons (Fsp3) is 0.500. The van der Waals surface area contributed by atoms with Gasteiger partial charge in [0, 0.05) is 30.6 Å². The van der Waals surface area contributed by atoms with Crippen molar-refractivity contribution < 1.29 is 0 Å². The molecule has 4 rings (SSSR count). The number of aromatic nitrogens is 3. The van der Waals surface area contributed by atoms with Gasteiger partial charge in [-0.1, -0.05) is 23.7 Å². The number of benzene rings is 1. The van der Waals surface area contributed by atoms with Gasteiger partial charge in [0.2, 0.25) is 0 Å². The van der Waals surface area contributed by atoms with Crippen molar-refractivity contribution in [3.63, 3.8) is 0 Å². The van der Waals surface area contributed by atoms with Gasteiger partial charge in [0.1, 0.15) is 11.6 Å². The topological polar surface area (TPSA) is 67.1 Å². The fourth-order valence-corrected chi connectivity index (χ4v) is 3.78. The smallest absolute Gasteiger partial charge is 0.191 e. The van der Waals surface area contributed by atoms with E-state index in [0.29, 0.717) is 12.0 Å². The van der Waals surface area contributed by atoms with E-state index in [1.807, 2.05) is 30.8 Å². The average molecular weight is 359 g/mol. The molecule has 0 amide bonds. The molecule has 3 atom stereocenters. The Hall–Kier alpha value is -2.08. The highest BCUT2D eigenvalue weighted by Crippen LogP contribution is 2.41. The quantitative estimate of drug-likeness (QED) is 0.654. The van der Waals surface area contributed by atoms with Crippen molar-refractivity contribution in [2.75, 3.05) is 7.05 Å². The number of aryl methyl sites for hydroxylation is 2. The van der Waals surface area contributed by atoms with Crippen molar-refractivity contribution in [1.29, 1.82) is 0 Å². The Morgan fingerprint density at radius 3 is 3.04 bits per heavy atom. The maximum atomic E-state index is 6.10. The van der Waals surface area contributed by atoms with Gasteiger partial charge in [0.15, 0.2) is 5.96 Å². The van der Waals surface area contributed by atoms with Crippen molar-refractivity contribution in [3.05, 3.63) is 46.5 Å². The number of guanidine groups is 1. The highest BCUT2D eigenvalue weighted by Gasteiger charge is 2.39. The molecule has 25 heavy (non-hydrogen) atoms. The Balaban J connectivity index is 1.40. The van der Waals surface area contributed by atoms with Crippen LogP contribution in [0.3, 0.4) is 0 Å². The molecule has 132 valence electrons. The van der Waals surface area contributed by atoms with E-state index in [1.165, 1.54) is 5.56 Å². The number of aliphatic imine (C=N–C) groups is 1. The summed E-state index contributed by atoms with van der Waals surface area (Å²) in [6.07, 6.45) is 3.24. The maximum Gasteiger partial charge on any atom is 0.191 e. The van der Waals surface area contributed by atoms with Crippen molar-refractivity contribution in [3.8, 4) is 0 Å². The largest absolute Gasteiger partial charge is 0.353 e. The molecule has 2 aromatic rings. The van der Waals surface area contributed by atoms with Crippen LogP contribution in [0, 0.1) is 6.92 Å². The van der Waals surface area contributed by atoms with Crippen LogP contribution in [0.5, 0.6) is 0 Å². The minimum atomic E-state index is 0.157. The van der Waals surface area contributed by atoms with Crippen LogP contribution in [0.15, 0.2) is 29.3 Å². The molecule has 7 heteroatoms. The normalized spacial score (nSPS) is 25.4. The second-order valence-corrected chi connectivity index (χ2v) is 7.24. The SMILES string of the molecule is CN=C(NC1CCCn2nc(C)nc21)NC1CC1c1cccc(Cl)c1. The predicted octanol–water partition coefficient (Wildman–Crippen LogP) is 2.80. The van der Waals surface area contributed by atoms with E-state index in [-0.39, 0.29) is 6.04 Å². The van der Waals surface area contributed by atoms with Crippen LogP contribution in [0.2, 0.25) is 5.02 Å². The second kappa shape index (κ2) is 6.67. The Morgan fingerprint density at radius 2 is 2.24 bits per heavy atom. The van der Waals surface area contributed by atoms with E-state index in [0.717, 1.165) is 48.4 Å². The summed E-state index contributed by atoms with van der Waals surface area (Å²) in [6, 6.07) is 8.67. The van der Waals surface area contributed by atoms with Crippen LogP contribution in [-0.2, 0) is 6.54 Å². The maximum absolute atomic E-state index is 6.10. The molecule has 1 aromatic heterocycles. The Kier molecular flexibility index (Phi) is 4.37. The molecule has 0 bridgehead atoms. The molecule has 1 aliphatic heterocycles. The first kappa shape index (κ1) is 16.4. The average Bonchev–Trinajstić information content (AvgIpc) is 3.25. The lowest BCUT2D eigenvalue weighted by Crippen LogP contribution is -2.42. The Bertz CT molecular complexity index is 799. The highest BCUT2D eigenvalue weighted by atomic mass is 35.5. The fourth-order valence-electron chi connectivity index (χ4n) is 3.58. The number of halogens is 1. The monoisotopic (exact) mass is 358 g/mol. The van der Waals surface area contributed by atoms with Crippen molar-refractivity contribution in [1.82, 2.24) is 25.4 Å². The van der Waals surface area contributed by atoms with E-state index in [9.17, 15) is 0 Å². The van der Waals surface area contributed by atoms with Gasteiger partial charge in [-0.3, -0.25) is 4.99 Å². The molecule has 2 N–H and O–H groups in total. The zero-order chi connectivity index (χ0) is 17.4. The van der Waals surface area contributed by atoms with E-state index in [4.69, 9.17) is 11.6 Å². The number of nitrogens with one attached hydrogen (secondary N) is 2. The van der Waals surface area contributed by atoms with E-state index in [2.05, 4.69) is 37.8 Å². The molecule has 1 aromatic carbocycles. The minimum Gasteiger partial charge on any atom is -0.353 e. The Labute approximate surface area is 152 Å². The van der Waals surface area contributed by atoms with Crippen LogP contribution in [-0.4, -0.2) is 33.8 Å². The van der Waals surface area contributed by atoms with Crippen LogP contribution >= 0.6 is 11.6 Å². The van der Waals surface area contributed by atoms with Crippen molar-refractivity contribution in [2.45, 2.75) is 50.7 Å². The number of nitrogens with zero attached hydrogens (tertiary/aromatic N) is 4. The molecule has 1 saturated carbocycles. The molecule has 1 fully saturated rings. The van der Waals surface area contributed by atoms with Crippen LogP contribution in [0.4, 0.5) is 0 Å². The summed E-state index contributed by atoms with van der Waals surface area (Å²) in [6.45, 7) is 2.88. The van der Waals surface area contributed by atoms with Gasteiger partial charge in [0.25, 0.3) is 0 Å². The zero-order valence-electron chi connectivity index (χ0n) is 14.5. The van der Waals surface area contributed by atoms with Gasteiger partial charge >= 0.3 is 0 Å². The lowest BCUT2D eigenvalue weighted by molar-refractivity contribution is 0.397. The van der Waals surface area contributed by atoms with Crippen molar-refractivity contribution >= 4 is 17.6 Å². The third-order valence-electron chi connectivity index (χ3n) is 4.90. The number of rotatable bonds is 3. The summed E-state index contributed by atoms with van der Waals surface area (Å²) >= 11 is 6.10. The Morgan fingerprint density at radius 1 is 1.36 bits per heavy atom. The van der Waals surface area contributed by atoms with Gasteiger partial charge in [-0.05, 0) is 43.9 Å². The van der Waals surface area contributed by atoms with Gasteiger partial charge in [-0.15, -0.1) is 0 Å². The third kappa shape index (κ3) is 3.49. The lowest BCUT2D eigenvalue weighted by atomic mass is 10.1. The molecule has 2 heterocycles. The summed E-state index contributed by atoms with van der Waals surface area (Å²) in [4.78, 5) is 8.98. The molecule has 0 saturated heterocycles. The molecule has 0 spiro atoms. The minimum absolute atomic E-state index is 0.157. The second-order valence-electron chi connectivity index (χ2n) is 6.80. The van der Waals surface area contributed by atoms with Crippen LogP contribution < -0.4 is 10.6 Å². The molecular weight excluding hydrogens is 336 g/mol. The first-order valence-electron chi connectivity index (χ1n) is 8.80. The van der Waals surface area contributed by atoms with Crippen LogP contribution in [0.1, 0.15) is 48.4 Å². The number of hydrogen-bond acceptors (Lipinski definition) is 3. The van der Waals surface area contributed by atoms with Gasteiger partial charge in [-0.25, -0.2) is 9.67 Å². The predicted molar refractivity (Wildman–Crippen MR) is 99.0 cm³/mol. The lowest BCUT2D eigenvalue weighted by Gasteiger charge is -2.25. The molecular formula is C18H23ClN6. The summed E-state index contributed by atoms with van der Waals surface area (Å²) in [5.74, 6) is 3.16. The van der Waals surface area contributed by atoms with Gasteiger partial charge < -0.3 is 10.6 Å². The van der Waals surface area contributed by atoms with E-state index in [1.54, 1.807) is 0 Å². The highest BCUT2D eigenvalue weighted by molar-refractivity contribution is 6.30. The standard InChI is InChI=1S/C18H23ClN6/c1-11-21-17-15(7-4-8-25(17)24-11)22-18(20-2)23-16-10-14(16)12-5-3-6-13(19)9-12/h3,5-6,9,14-16H,4,7-8,10H2,1-2H3,(H2,20,22,23). The first-order chi connectivity index (χ1) is 12.1. The molecule has 3 unspecified atom stereocenters. The summed E-state index contributed by atoms with van der Waals surface area (Å²) in [5.41, 5.74) is 1.29. The van der Waals surface area contributed by atoms with Crippen molar-refractivity contribution in [2.24, 2.45) is 4.99 Å². The summed E-state index contributed by atoms with van der Waals surface area (Å²) in [7, 11) is 1.81. The van der Waals surface area contributed by atoms with E-state index < -0.39 is 0 Å². The molecule has 6 nitrogen and oxygen atoms in total. The summed E-state index contributed by atoms with van der Waals surface area (Å²) in [5, 5.41) is 12.3. The molecule has 1 aliphatic carbocycles. The zero-order valence-corrected chi connectivity index (χ0v) is 15.3. The van der Waals surface area contributed by atoms with E-state index >= 15 is 0 Å². The molecule has 0 radical (unpaired) electrons. The number of hydrogen-bond donors (Lipinski definition) is 2. The molecule has 2 aliphatic rings. The summed E-state index contributed by atoms with van der Waals surface area (Å²) < 4.78 is 2.01. The first-order valence-corrected chi connectivity index (χ1v) is 9.18. The van der Waals surface area contributed by atoms with Crippen LogP contribution in [0.25, 0.3) is 0 Å². The number of fused-ring (bicyclic) bond motifs is 1. The van der Waals surface area contributed by atoms with Gasteiger partial charge in [0.05, 0.1) is 6.04 Å². The van der Waals surface area contributed by atoms with Gasteiger partial charge in [-0.2, -0.15) is 5.10 Å².